The number of aliphatic hydroxyl groups is 1. The lowest BCUT2D eigenvalue weighted by Crippen LogP contribution is -2.23. The summed E-state index contributed by atoms with van der Waals surface area (Å²) in [6.45, 7) is 6.06. The Morgan fingerprint density at radius 3 is 2.60 bits per heavy atom. The van der Waals surface area contributed by atoms with Crippen molar-refractivity contribution in [1.82, 2.24) is 0 Å². The fourth-order valence-corrected chi connectivity index (χ4v) is 1.87. The highest BCUT2D eigenvalue weighted by Gasteiger charge is 2.24. The summed E-state index contributed by atoms with van der Waals surface area (Å²) in [4.78, 5) is 0. The molecule has 1 atom stereocenters. The lowest BCUT2D eigenvalue weighted by atomic mass is 9.87. The van der Waals surface area contributed by atoms with Gasteiger partial charge in [0, 0.05) is 0 Å². The van der Waals surface area contributed by atoms with Crippen molar-refractivity contribution in [2.45, 2.75) is 32.8 Å². The average molecular weight is 208 g/mol. The topological polar surface area (TPSA) is 29.5 Å². The maximum Gasteiger partial charge on any atom is 0.119 e. The first-order valence-corrected chi connectivity index (χ1v) is 5.32. The van der Waals surface area contributed by atoms with E-state index in [0.29, 0.717) is 5.92 Å². The minimum atomic E-state index is -0.775. The molecule has 0 saturated heterocycles. The lowest BCUT2D eigenvalue weighted by Gasteiger charge is -2.26. The van der Waals surface area contributed by atoms with Gasteiger partial charge in [0.2, 0.25) is 0 Å². The monoisotopic (exact) mass is 208 g/mol. The molecule has 0 fully saturated rings. The number of benzene rings is 1. The highest BCUT2D eigenvalue weighted by Crippen LogP contribution is 2.29. The van der Waals surface area contributed by atoms with Crippen molar-refractivity contribution in [3.05, 3.63) is 29.8 Å². The molecule has 0 aliphatic heterocycles. The zero-order valence-electron chi connectivity index (χ0n) is 9.95. The zero-order chi connectivity index (χ0) is 11.5. The first kappa shape index (κ1) is 12.1. The van der Waals surface area contributed by atoms with Gasteiger partial charge in [-0.3, -0.25) is 0 Å². The lowest BCUT2D eigenvalue weighted by molar-refractivity contribution is 0.0347. The van der Waals surface area contributed by atoms with E-state index in [0.717, 1.165) is 17.7 Å². The molecular formula is C13H20O2. The van der Waals surface area contributed by atoms with Crippen molar-refractivity contribution in [3.8, 4) is 5.75 Å². The molecule has 0 aromatic heterocycles. The first-order valence-electron chi connectivity index (χ1n) is 5.32. The third-order valence-electron chi connectivity index (χ3n) is 2.50. The van der Waals surface area contributed by atoms with Crippen molar-refractivity contribution in [2.75, 3.05) is 7.11 Å². The fourth-order valence-electron chi connectivity index (χ4n) is 1.87. The highest BCUT2D eigenvalue weighted by molar-refractivity contribution is 5.31. The molecule has 0 saturated carbocycles. The van der Waals surface area contributed by atoms with Crippen LogP contribution in [0.25, 0.3) is 0 Å². The molecule has 84 valence electrons. The molecule has 2 nitrogen and oxygen atoms in total. The van der Waals surface area contributed by atoms with E-state index in [1.54, 1.807) is 7.11 Å². The van der Waals surface area contributed by atoms with Crippen LogP contribution in [0.4, 0.5) is 0 Å². The van der Waals surface area contributed by atoms with Crippen LogP contribution in [0, 0.1) is 5.92 Å². The van der Waals surface area contributed by atoms with E-state index in [1.165, 1.54) is 0 Å². The summed E-state index contributed by atoms with van der Waals surface area (Å²) in [7, 11) is 1.64. The van der Waals surface area contributed by atoms with Crippen LogP contribution in [-0.2, 0) is 5.60 Å². The molecule has 2 heteroatoms. The molecule has 0 heterocycles. The normalized spacial score (nSPS) is 15.1. The number of ether oxygens (including phenoxy) is 1. The standard InChI is InChI=1S/C13H20O2/c1-10(2)9-13(3,14)11-6-5-7-12(8-11)15-4/h5-8,10,14H,9H2,1-4H3. The van der Waals surface area contributed by atoms with Crippen LogP contribution in [0.2, 0.25) is 0 Å². The van der Waals surface area contributed by atoms with Crippen LogP contribution < -0.4 is 4.74 Å². The molecule has 0 bridgehead atoms. The molecule has 0 radical (unpaired) electrons. The maximum atomic E-state index is 10.3. The van der Waals surface area contributed by atoms with Crippen LogP contribution in [0.5, 0.6) is 5.75 Å². The summed E-state index contributed by atoms with van der Waals surface area (Å²) in [5.41, 5.74) is 0.137. The molecule has 1 rings (SSSR count). The molecule has 15 heavy (non-hydrogen) atoms. The Kier molecular flexibility index (Phi) is 3.75. The maximum absolute atomic E-state index is 10.3. The Balaban J connectivity index is 2.93. The second-order valence-corrected chi connectivity index (χ2v) is 4.60. The van der Waals surface area contributed by atoms with E-state index in [-0.39, 0.29) is 0 Å². The first-order chi connectivity index (χ1) is 6.95. The van der Waals surface area contributed by atoms with Crippen LogP contribution in [-0.4, -0.2) is 12.2 Å². The summed E-state index contributed by atoms with van der Waals surface area (Å²) >= 11 is 0. The zero-order valence-corrected chi connectivity index (χ0v) is 9.95. The summed E-state index contributed by atoms with van der Waals surface area (Å²) < 4.78 is 5.14. The third kappa shape index (κ3) is 3.24. The quantitative estimate of drug-likeness (QED) is 0.824. The minimum absolute atomic E-state index is 0.464. The Hall–Kier alpha value is -1.02. The molecule has 0 amide bonds. The van der Waals surface area contributed by atoms with Crippen LogP contribution in [0.3, 0.4) is 0 Å². The van der Waals surface area contributed by atoms with E-state index in [9.17, 15) is 5.11 Å². The number of rotatable bonds is 4. The summed E-state index contributed by atoms with van der Waals surface area (Å²) in [6, 6.07) is 7.62. The largest absolute Gasteiger partial charge is 0.497 e. The van der Waals surface area contributed by atoms with Crippen molar-refractivity contribution in [2.24, 2.45) is 5.92 Å². The van der Waals surface area contributed by atoms with Gasteiger partial charge in [-0.25, -0.2) is 0 Å². The van der Waals surface area contributed by atoms with Crippen LogP contribution in [0.15, 0.2) is 24.3 Å². The summed E-state index contributed by atoms with van der Waals surface area (Å²) in [6.07, 6.45) is 0.750. The molecule has 1 aromatic carbocycles. The van der Waals surface area contributed by atoms with Crippen molar-refractivity contribution >= 4 is 0 Å². The molecule has 0 aliphatic carbocycles. The summed E-state index contributed by atoms with van der Waals surface area (Å²) in [5, 5.41) is 10.3. The predicted octanol–water partition coefficient (Wildman–Crippen LogP) is 2.95. The molecular weight excluding hydrogens is 188 g/mol. The molecule has 1 N–H and O–H groups in total. The van der Waals surface area contributed by atoms with Gasteiger partial charge in [0.15, 0.2) is 0 Å². The smallest absolute Gasteiger partial charge is 0.119 e. The van der Waals surface area contributed by atoms with Gasteiger partial charge in [-0.1, -0.05) is 26.0 Å². The second kappa shape index (κ2) is 4.67. The number of hydrogen-bond donors (Lipinski definition) is 1. The Morgan fingerprint density at radius 2 is 2.07 bits per heavy atom. The van der Waals surface area contributed by atoms with Gasteiger partial charge in [0.1, 0.15) is 5.75 Å². The SMILES string of the molecule is COc1cccc(C(C)(O)CC(C)C)c1. The van der Waals surface area contributed by atoms with E-state index >= 15 is 0 Å². The van der Waals surface area contributed by atoms with Crippen LogP contribution >= 0.6 is 0 Å². The van der Waals surface area contributed by atoms with Crippen molar-refractivity contribution in [1.29, 1.82) is 0 Å². The Bertz CT molecular complexity index is 316. The fraction of sp³-hybridized carbons (Fsp3) is 0.538. The number of methoxy groups -OCH3 is 1. The number of hydrogen-bond acceptors (Lipinski definition) is 2. The van der Waals surface area contributed by atoms with Gasteiger partial charge >= 0.3 is 0 Å². The highest BCUT2D eigenvalue weighted by atomic mass is 16.5. The average Bonchev–Trinajstić information content (AvgIpc) is 2.16. The van der Waals surface area contributed by atoms with Crippen molar-refractivity contribution < 1.29 is 9.84 Å². The van der Waals surface area contributed by atoms with Gasteiger partial charge in [0.05, 0.1) is 12.7 Å². The van der Waals surface area contributed by atoms with E-state index in [4.69, 9.17) is 4.74 Å². The minimum Gasteiger partial charge on any atom is -0.497 e. The van der Waals surface area contributed by atoms with Gasteiger partial charge in [-0.05, 0) is 37.0 Å². The summed E-state index contributed by atoms with van der Waals surface area (Å²) in [5.74, 6) is 1.25. The van der Waals surface area contributed by atoms with E-state index < -0.39 is 5.60 Å². The van der Waals surface area contributed by atoms with Crippen LogP contribution in [0.1, 0.15) is 32.8 Å². The molecule has 0 aliphatic rings. The molecule has 0 spiro atoms. The van der Waals surface area contributed by atoms with Gasteiger partial charge in [-0.2, -0.15) is 0 Å². The second-order valence-electron chi connectivity index (χ2n) is 4.60. The molecule has 1 aromatic rings. The van der Waals surface area contributed by atoms with Gasteiger partial charge < -0.3 is 9.84 Å². The Labute approximate surface area is 91.9 Å². The predicted molar refractivity (Wildman–Crippen MR) is 62.0 cm³/mol. The molecule has 1 unspecified atom stereocenters. The van der Waals surface area contributed by atoms with E-state index in [2.05, 4.69) is 13.8 Å². The Morgan fingerprint density at radius 1 is 1.40 bits per heavy atom. The van der Waals surface area contributed by atoms with Crippen molar-refractivity contribution in [3.63, 3.8) is 0 Å². The van der Waals surface area contributed by atoms with E-state index in [1.807, 2.05) is 31.2 Å². The van der Waals surface area contributed by atoms with Gasteiger partial charge in [0.25, 0.3) is 0 Å². The van der Waals surface area contributed by atoms with Gasteiger partial charge in [-0.15, -0.1) is 0 Å². The third-order valence-corrected chi connectivity index (χ3v) is 2.50.